The molecule has 1 N–H and O–H groups in total. The molecule has 144 valence electrons. The molecule has 0 bridgehead atoms. The Morgan fingerprint density at radius 2 is 2.12 bits per heavy atom. The zero-order valence-corrected chi connectivity index (χ0v) is 16.2. The van der Waals surface area contributed by atoms with Gasteiger partial charge in [-0.3, -0.25) is 9.69 Å². The second-order valence-electron chi connectivity index (χ2n) is 6.57. The summed E-state index contributed by atoms with van der Waals surface area (Å²) in [5.41, 5.74) is 1.24. The van der Waals surface area contributed by atoms with E-state index in [1.54, 1.807) is 6.20 Å². The van der Waals surface area contributed by atoms with Crippen molar-refractivity contribution in [2.45, 2.75) is 45.1 Å². The fraction of sp³-hybridized carbons (Fsp3) is 0.600. The van der Waals surface area contributed by atoms with Crippen LogP contribution in [0, 0.1) is 0 Å². The van der Waals surface area contributed by atoms with Gasteiger partial charge in [-0.25, -0.2) is 4.98 Å². The molecular formula is C20H30ClN3O2. The summed E-state index contributed by atoms with van der Waals surface area (Å²) in [6.07, 6.45) is 11.8. The number of amides is 1. The lowest BCUT2D eigenvalue weighted by molar-refractivity contribution is -0.120. The lowest BCUT2D eigenvalue weighted by Crippen LogP contribution is -2.29. The summed E-state index contributed by atoms with van der Waals surface area (Å²) in [6.45, 7) is 4.29. The highest BCUT2D eigenvalue weighted by atomic mass is 35.5. The number of rotatable bonds is 11. The van der Waals surface area contributed by atoms with Crippen LogP contribution in [0.1, 0.15) is 44.1 Å². The molecule has 1 aliphatic heterocycles. The van der Waals surface area contributed by atoms with E-state index in [9.17, 15) is 4.79 Å². The molecule has 6 heteroatoms. The minimum absolute atomic E-state index is 0.0627. The number of carbonyl (C=O) groups is 1. The number of pyridine rings is 1. The van der Waals surface area contributed by atoms with Gasteiger partial charge in [0.25, 0.3) is 0 Å². The van der Waals surface area contributed by atoms with Crippen LogP contribution in [0.4, 0.5) is 0 Å². The predicted octanol–water partition coefficient (Wildman–Crippen LogP) is 3.53. The molecule has 1 fully saturated rings. The average molecular weight is 380 g/mol. The minimum atomic E-state index is 0.0627. The quantitative estimate of drug-likeness (QED) is 0.363. The van der Waals surface area contributed by atoms with E-state index in [4.69, 9.17) is 16.3 Å². The molecule has 26 heavy (non-hydrogen) atoms. The predicted molar refractivity (Wildman–Crippen MR) is 106 cm³/mol. The molecule has 2 rings (SSSR count). The second-order valence-corrected chi connectivity index (χ2v) is 6.95. The number of halogens is 1. The maximum absolute atomic E-state index is 11.5. The smallest absolute Gasteiger partial charge is 0.220 e. The van der Waals surface area contributed by atoms with Gasteiger partial charge in [-0.05, 0) is 56.5 Å². The van der Waals surface area contributed by atoms with Crippen LogP contribution in [0.5, 0.6) is 5.88 Å². The van der Waals surface area contributed by atoms with Crippen LogP contribution >= 0.6 is 11.6 Å². The van der Waals surface area contributed by atoms with Crippen LogP contribution in [0.3, 0.4) is 0 Å². The number of carbonyl (C=O) groups excluding carboxylic acids is 1. The molecule has 1 aliphatic rings. The highest BCUT2D eigenvalue weighted by molar-refractivity contribution is 6.17. The number of likely N-dealkylation sites (tertiary alicyclic amines) is 1. The van der Waals surface area contributed by atoms with Gasteiger partial charge >= 0.3 is 0 Å². The number of unbranched alkanes of at least 4 members (excludes halogenated alkanes) is 1. The molecule has 0 aliphatic carbocycles. The summed E-state index contributed by atoms with van der Waals surface area (Å²) in [6, 6.07) is 4.07. The molecule has 0 atom stereocenters. The zero-order valence-electron chi connectivity index (χ0n) is 15.5. The fourth-order valence-corrected chi connectivity index (χ4v) is 3.12. The number of aromatic nitrogens is 1. The van der Waals surface area contributed by atoms with Crippen molar-refractivity contribution in [2.75, 3.05) is 32.1 Å². The molecule has 0 saturated carbocycles. The molecule has 0 aromatic carbocycles. The molecule has 1 aromatic rings. The number of nitrogens with zero attached hydrogens (tertiary/aromatic N) is 2. The third-order valence-electron chi connectivity index (χ3n) is 4.35. The summed E-state index contributed by atoms with van der Waals surface area (Å²) in [7, 11) is 0. The van der Waals surface area contributed by atoms with Crippen molar-refractivity contribution in [2.24, 2.45) is 0 Å². The highest BCUT2D eigenvalue weighted by Crippen LogP contribution is 2.15. The Kier molecular flexibility index (Phi) is 10.1. The topological polar surface area (TPSA) is 54.5 Å². The van der Waals surface area contributed by atoms with Gasteiger partial charge in [-0.15, -0.1) is 11.6 Å². The monoisotopic (exact) mass is 379 g/mol. The van der Waals surface area contributed by atoms with Gasteiger partial charge in [0, 0.05) is 37.7 Å². The third kappa shape index (κ3) is 8.68. The largest absolute Gasteiger partial charge is 0.473 e. The average Bonchev–Trinajstić information content (AvgIpc) is 2.66. The molecular weight excluding hydrogens is 350 g/mol. The van der Waals surface area contributed by atoms with Crippen LogP contribution < -0.4 is 10.1 Å². The summed E-state index contributed by atoms with van der Waals surface area (Å²) in [5.74, 6) is 1.32. The first-order chi connectivity index (χ1) is 12.8. The zero-order chi connectivity index (χ0) is 18.5. The van der Waals surface area contributed by atoms with Gasteiger partial charge in [0.15, 0.2) is 0 Å². The first kappa shape index (κ1) is 20.7. The van der Waals surface area contributed by atoms with E-state index < -0.39 is 0 Å². The molecule has 0 spiro atoms. The second kappa shape index (κ2) is 12.7. The van der Waals surface area contributed by atoms with Gasteiger partial charge in [0.05, 0.1) is 0 Å². The molecule has 1 aromatic heterocycles. The molecule has 0 radical (unpaired) electrons. The first-order valence-electron chi connectivity index (χ1n) is 9.55. The van der Waals surface area contributed by atoms with Crippen LogP contribution in [-0.4, -0.2) is 47.9 Å². The van der Waals surface area contributed by atoms with Crippen molar-refractivity contribution in [3.8, 4) is 5.88 Å². The number of hydrogen-bond donors (Lipinski definition) is 1. The summed E-state index contributed by atoms with van der Waals surface area (Å²) in [5, 5.41) is 2.85. The number of hydrogen-bond acceptors (Lipinski definition) is 4. The first-order valence-corrected chi connectivity index (χ1v) is 10.1. The summed E-state index contributed by atoms with van der Waals surface area (Å²) >= 11 is 5.59. The van der Waals surface area contributed by atoms with E-state index in [0.717, 1.165) is 19.4 Å². The molecule has 1 amide bonds. The van der Waals surface area contributed by atoms with Gasteiger partial charge in [-0.1, -0.05) is 12.5 Å². The Bertz CT molecular complexity index is 560. The number of alkyl halides is 1. The number of piperidine rings is 1. The van der Waals surface area contributed by atoms with Crippen LogP contribution in [-0.2, 0) is 11.3 Å². The normalized spacial score (nSPS) is 15.3. The Morgan fingerprint density at radius 1 is 1.27 bits per heavy atom. The molecule has 2 heterocycles. The molecule has 0 unspecified atom stereocenters. The van der Waals surface area contributed by atoms with Gasteiger partial charge in [0.2, 0.25) is 11.8 Å². The van der Waals surface area contributed by atoms with Crippen molar-refractivity contribution in [1.29, 1.82) is 0 Å². The van der Waals surface area contributed by atoms with Gasteiger partial charge < -0.3 is 10.1 Å². The van der Waals surface area contributed by atoms with E-state index in [1.807, 2.05) is 18.2 Å². The highest BCUT2D eigenvalue weighted by Gasteiger charge is 2.10. The lowest BCUT2D eigenvalue weighted by Gasteiger charge is -2.26. The number of nitrogens with one attached hydrogen (secondary N) is 1. The fourth-order valence-electron chi connectivity index (χ4n) is 2.93. The van der Waals surface area contributed by atoms with Gasteiger partial charge in [0.1, 0.15) is 6.61 Å². The minimum Gasteiger partial charge on any atom is -0.473 e. The Hall–Kier alpha value is -1.59. The third-order valence-corrected chi connectivity index (χ3v) is 4.62. The molecule has 5 nitrogen and oxygen atoms in total. The van der Waals surface area contributed by atoms with Crippen LogP contribution in [0.15, 0.2) is 30.5 Å². The van der Waals surface area contributed by atoms with E-state index in [1.165, 1.54) is 37.9 Å². The number of ether oxygens (including phenoxy) is 1. The maximum Gasteiger partial charge on any atom is 0.220 e. The van der Waals surface area contributed by atoms with E-state index >= 15 is 0 Å². The van der Waals surface area contributed by atoms with Gasteiger partial charge in [-0.2, -0.15) is 0 Å². The van der Waals surface area contributed by atoms with Crippen molar-refractivity contribution in [1.82, 2.24) is 15.2 Å². The lowest BCUT2D eigenvalue weighted by atomic mass is 10.1. The molecule has 1 saturated heterocycles. The Morgan fingerprint density at radius 3 is 2.92 bits per heavy atom. The SMILES string of the molecule is O=C(CCCCCl)NC/C=C\COc1cc(CN2CCCCC2)ccn1. The summed E-state index contributed by atoms with van der Waals surface area (Å²) < 4.78 is 5.68. The standard InChI is InChI=1S/C20H30ClN3O2/c21-10-3-2-8-19(25)22-11-4-7-15-26-20-16-18(9-12-23-20)17-24-13-5-1-6-14-24/h4,7,9,12,16H,1-3,5-6,8,10-11,13-15,17H2,(H,22,25)/b7-4-. The van der Waals surface area contributed by atoms with Crippen molar-refractivity contribution >= 4 is 17.5 Å². The van der Waals surface area contributed by atoms with E-state index in [-0.39, 0.29) is 5.91 Å². The summed E-state index contributed by atoms with van der Waals surface area (Å²) in [4.78, 5) is 18.3. The van der Waals surface area contributed by atoms with Crippen molar-refractivity contribution < 1.29 is 9.53 Å². The van der Waals surface area contributed by atoms with E-state index in [2.05, 4.69) is 21.3 Å². The maximum atomic E-state index is 11.5. The van der Waals surface area contributed by atoms with E-state index in [0.29, 0.717) is 31.3 Å². The van der Waals surface area contributed by atoms with Crippen LogP contribution in [0.2, 0.25) is 0 Å². The van der Waals surface area contributed by atoms with Crippen molar-refractivity contribution in [3.63, 3.8) is 0 Å². The van der Waals surface area contributed by atoms with Crippen molar-refractivity contribution in [3.05, 3.63) is 36.0 Å². The Labute approximate surface area is 161 Å². The Balaban J connectivity index is 1.62. The van der Waals surface area contributed by atoms with Crippen LogP contribution in [0.25, 0.3) is 0 Å².